The molecule has 0 spiro atoms. The average Bonchev–Trinajstić information content (AvgIpc) is 2.48. The average molecular weight is 303 g/mol. The Labute approximate surface area is 130 Å². The Bertz CT molecular complexity index is 560. The summed E-state index contributed by atoms with van der Waals surface area (Å²) in [4.78, 5) is 13.8. The monoisotopic (exact) mass is 303 g/mol. The SMILES string of the molecule is C[C@H]1CCCC[C@H]1NC(=S)N1CC(=O)Nc2ccccc21. The van der Waals surface area contributed by atoms with Crippen molar-refractivity contribution in [3.63, 3.8) is 0 Å². The second kappa shape index (κ2) is 6.02. The number of nitrogens with zero attached hydrogens (tertiary/aromatic N) is 1. The number of thiocarbonyl (C=S) groups is 1. The molecule has 1 heterocycles. The summed E-state index contributed by atoms with van der Waals surface area (Å²) in [5.41, 5.74) is 1.80. The van der Waals surface area contributed by atoms with E-state index in [1.54, 1.807) is 0 Å². The van der Waals surface area contributed by atoms with E-state index in [0.29, 0.717) is 17.1 Å². The molecule has 1 aliphatic heterocycles. The smallest absolute Gasteiger partial charge is 0.244 e. The van der Waals surface area contributed by atoms with Crippen LogP contribution in [0.15, 0.2) is 24.3 Å². The first-order valence-corrected chi connectivity index (χ1v) is 8.03. The molecule has 5 heteroatoms. The minimum atomic E-state index is -0.0189. The summed E-state index contributed by atoms with van der Waals surface area (Å²) in [7, 11) is 0. The summed E-state index contributed by atoms with van der Waals surface area (Å²) in [6, 6.07) is 8.21. The zero-order valence-electron chi connectivity index (χ0n) is 12.3. The van der Waals surface area contributed by atoms with E-state index < -0.39 is 0 Å². The molecule has 1 aromatic rings. The van der Waals surface area contributed by atoms with Gasteiger partial charge in [0.05, 0.1) is 11.4 Å². The van der Waals surface area contributed by atoms with Crippen molar-refractivity contribution in [3.8, 4) is 0 Å². The number of benzene rings is 1. The van der Waals surface area contributed by atoms with E-state index in [2.05, 4.69) is 17.6 Å². The van der Waals surface area contributed by atoms with Gasteiger partial charge in [0.15, 0.2) is 5.11 Å². The minimum absolute atomic E-state index is 0.0189. The first kappa shape index (κ1) is 14.3. The maximum atomic E-state index is 11.9. The molecule has 1 saturated carbocycles. The number of nitrogens with one attached hydrogen (secondary N) is 2. The lowest BCUT2D eigenvalue weighted by Crippen LogP contribution is -2.51. The van der Waals surface area contributed by atoms with Gasteiger partial charge in [0.1, 0.15) is 6.54 Å². The highest BCUT2D eigenvalue weighted by atomic mass is 32.1. The van der Waals surface area contributed by atoms with Gasteiger partial charge >= 0.3 is 0 Å². The normalized spacial score (nSPS) is 25.0. The van der Waals surface area contributed by atoms with Crippen molar-refractivity contribution in [2.45, 2.75) is 38.6 Å². The minimum Gasteiger partial charge on any atom is -0.359 e. The number of amides is 1. The molecule has 3 rings (SSSR count). The van der Waals surface area contributed by atoms with Crippen molar-refractivity contribution in [1.82, 2.24) is 5.32 Å². The van der Waals surface area contributed by atoms with Crippen LogP contribution in [0.25, 0.3) is 0 Å². The maximum Gasteiger partial charge on any atom is 0.244 e. The van der Waals surface area contributed by atoms with Crippen molar-refractivity contribution in [2.24, 2.45) is 5.92 Å². The van der Waals surface area contributed by atoms with Crippen LogP contribution in [-0.4, -0.2) is 23.6 Å². The highest BCUT2D eigenvalue weighted by Crippen LogP contribution is 2.30. The molecule has 2 N–H and O–H groups in total. The third-order valence-electron chi connectivity index (χ3n) is 4.44. The molecule has 0 saturated heterocycles. The molecule has 0 aromatic heterocycles. The van der Waals surface area contributed by atoms with Crippen LogP contribution in [-0.2, 0) is 4.79 Å². The largest absolute Gasteiger partial charge is 0.359 e. The quantitative estimate of drug-likeness (QED) is 0.783. The lowest BCUT2D eigenvalue weighted by atomic mass is 9.86. The molecule has 0 radical (unpaired) electrons. The number of anilines is 2. The van der Waals surface area contributed by atoms with Crippen LogP contribution in [0.1, 0.15) is 32.6 Å². The first-order valence-electron chi connectivity index (χ1n) is 7.62. The lowest BCUT2D eigenvalue weighted by molar-refractivity contribution is -0.115. The van der Waals surface area contributed by atoms with E-state index in [1.165, 1.54) is 19.3 Å². The van der Waals surface area contributed by atoms with E-state index in [9.17, 15) is 4.79 Å². The molecule has 1 aliphatic carbocycles. The van der Waals surface area contributed by atoms with Gasteiger partial charge in [-0.05, 0) is 43.1 Å². The number of fused-ring (bicyclic) bond motifs is 1. The topological polar surface area (TPSA) is 44.4 Å². The van der Waals surface area contributed by atoms with Crippen LogP contribution >= 0.6 is 12.2 Å². The summed E-state index contributed by atoms with van der Waals surface area (Å²) in [6.45, 7) is 2.56. The van der Waals surface area contributed by atoms with Crippen molar-refractivity contribution < 1.29 is 4.79 Å². The van der Waals surface area contributed by atoms with Crippen molar-refractivity contribution in [3.05, 3.63) is 24.3 Å². The van der Waals surface area contributed by atoms with Crippen LogP contribution in [0.4, 0.5) is 11.4 Å². The zero-order valence-corrected chi connectivity index (χ0v) is 13.1. The Morgan fingerprint density at radius 1 is 1.33 bits per heavy atom. The molecule has 1 amide bonds. The van der Waals surface area contributed by atoms with Crippen molar-refractivity contribution in [2.75, 3.05) is 16.8 Å². The number of rotatable bonds is 1. The Balaban J connectivity index is 1.77. The third kappa shape index (κ3) is 3.02. The first-order chi connectivity index (χ1) is 10.1. The standard InChI is InChI=1S/C16H21N3OS/c1-11-6-2-3-7-12(11)18-16(21)19-10-15(20)17-13-8-4-5-9-14(13)19/h4-5,8-9,11-12H,2-3,6-7,10H2,1H3,(H,17,20)(H,18,21)/t11-,12+/m0/s1. The van der Waals surface area contributed by atoms with Crippen molar-refractivity contribution >= 4 is 34.6 Å². The molecule has 2 atom stereocenters. The van der Waals surface area contributed by atoms with Crippen LogP contribution in [0.3, 0.4) is 0 Å². The van der Waals surface area contributed by atoms with E-state index in [0.717, 1.165) is 17.8 Å². The molecule has 0 bridgehead atoms. The van der Waals surface area contributed by atoms with Crippen LogP contribution in [0.5, 0.6) is 0 Å². The highest BCUT2D eigenvalue weighted by molar-refractivity contribution is 7.80. The fourth-order valence-corrected chi connectivity index (χ4v) is 3.50. The van der Waals surface area contributed by atoms with Crippen LogP contribution in [0, 0.1) is 5.92 Å². The summed E-state index contributed by atoms with van der Waals surface area (Å²) in [6.07, 6.45) is 4.96. The van der Waals surface area contributed by atoms with E-state index in [-0.39, 0.29) is 12.5 Å². The molecule has 21 heavy (non-hydrogen) atoms. The van der Waals surface area contributed by atoms with Gasteiger partial charge in [-0.3, -0.25) is 4.79 Å². The number of para-hydroxylation sites is 2. The number of carbonyl (C=O) groups is 1. The van der Waals surface area contributed by atoms with Gasteiger partial charge in [-0.2, -0.15) is 0 Å². The number of carbonyl (C=O) groups excluding carboxylic acids is 1. The molecular weight excluding hydrogens is 282 g/mol. The summed E-state index contributed by atoms with van der Waals surface area (Å²) in [5.74, 6) is 0.611. The van der Waals surface area contributed by atoms with Gasteiger partial charge in [-0.1, -0.05) is 31.9 Å². The van der Waals surface area contributed by atoms with Crippen LogP contribution in [0.2, 0.25) is 0 Å². The number of hydrogen-bond donors (Lipinski definition) is 2. The third-order valence-corrected chi connectivity index (χ3v) is 4.77. The van der Waals surface area contributed by atoms with Gasteiger partial charge < -0.3 is 15.5 Å². The Hall–Kier alpha value is -1.62. The van der Waals surface area contributed by atoms with Crippen molar-refractivity contribution in [1.29, 1.82) is 0 Å². The Morgan fingerprint density at radius 2 is 2.10 bits per heavy atom. The molecule has 0 unspecified atom stereocenters. The fourth-order valence-electron chi connectivity index (χ4n) is 3.18. The number of hydrogen-bond acceptors (Lipinski definition) is 2. The molecule has 112 valence electrons. The zero-order chi connectivity index (χ0) is 14.8. The Kier molecular flexibility index (Phi) is 4.10. The Morgan fingerprint density at radius 3 is 2.90 bits per heavy atom. The van der Waals surface area contributed by atoms with Gasteiger partial charge in [-0.25, -0.2) is 0 Å². The van der Waals surface area contributed by atoms with E-state index >= 15 is 0 Å². The predicted molar refractivity (Wildman–Crippen MR) is 89.6 cm³/mol. The molecule has 4 nitrogen and oxygen atoms in total. The van der Waals surface area contributed by atoms with Crippen LogP contribution < -0.4 is 15.5 Å². The molecular formula is C16H21N3OS. The van der Waals surface area contributed by atoms with E-state index in [1.807, 2.05) is 29.2 Å². The van der Waals surface area contributed by atoms with Gasteiger partial charge in [0.2, 0.25) is 5.91 Å². The van der Waals surface area contributed by atoms with Gasteiger partial charge in [-0.15, -0.1) is 0 Å². The van der Waals surface area contributed by atoms with Gasteiger partial charge in [0.25, 0.3) is 0 Å². The highest BCUT2D eigenvalue weighted by Gasteiger charge is 2.28. The second-order valence-corrected chi connectivity index (χ2v) is 6.36. The summed E-state index contributed by atoms with van der Waals surface area (Å²) >= 11 is 5.57. The van der Waals surface area contributed by atoms with E-state index in [4.69, 9.17) is 12.2 Å². The molecule has 1 fully saturated rings. The molecule has 1 aromatic carbocycles. The second-order valence-electron chi connectivity index (χ2n) is 5.97. The summed E-state index contributed by atoms with van der Waals surface area (Å²) in [5, 5.41) is 7.03. The molecule has 2 aliphatic rings. The maximum absolute atomic E-state index is 11.9. The lowest BCUT2D eigenvalue weighted by Gasteiger charge is -2.36. The summed E-state index contributed by atoms with van der Waals surface area (Å²) < 4.78 is 0. The fraction of sp³-hybridized carbons (Fsp3) is 0.500. The predicted octanol–water partition coefficient (Wildman–Crippen LogP) is 2.90. The van der Waals surface area contributed by atoms with Gasteiger partial charge in [0, 0.05) is 6.04 Å².